The average molecular weight is 327 g/mol. The SMILES string of the molecule is CC(C)(C)NC(=O)CN1CCC(C(=O)N2CCSCC2)CC1. The maximum atomic E-state index is 12.5. The van der Waals surface area contributed by atoms with Crippen LogP contribution >= 0.6 is 11.8 Å². The lowest BCUT2D eigenvalue weighted by Gasteiger charge is -2.35. The summed E-state index contributed by atoms with van der Waals surface area (Å²) in [6, 6.07) is 0. The van der Waals surface area contributed by atoms with Crippen molar-refractivity contribution < 1.29 is 9.59 Å². The minimum absolute atomic E-state index is 0.0744. The molecule has 22 heavy (non-hydrogen) atoms. The Bertz CT molecular complexity index is 395. The molecule has 0 aliphatic carbocycles. The smallest absolute Gasteiger partial charge is 0.234 e. The lowest BCUT2D eigenvalue weighted by molar-refractivity contribution is -0.136. The summed E-state index contributed by atoms with van der Waals surface area (Å²) in [6.45, 7) is 9.91. The molecule has 0 aromatic carbocycles. The molecule has 0 saturated carbocycles. The van der Waals surface area contributed by atoms with Gasteiger partial charge in [-0.15, -0.1) is 0 Å². The molecule has 2 heterocycles. The summed E-state index contributed by atoms with van der Waals surface area (Å²) in [5, 5.41) is 2.99. The van der Waals surface area contributed by atoms with E-state index in [0.29, 0.717) is 12.5 Å². The Morgan fingerprint density at radius 3 is 2.23 bits per heavy atom. The van der Waals surface area contributed by atoms with Crippen LogP contribution in [0.25, 0.3) is 0 Å². The van der Waals surface area contributed by atoms with E-state index in [1.807, 2.05) is 37.4 Å². The molecule has 2 saturated heterocycles. The zero-order valence-electron chi connectivity index (χ0n) is 14.1. The van der Waals surface area contributed by atoms with Crippen molar-refractivity contribution >= 4 is 23.6 Å². The van der Waals surface area contributed by atoms with Crippen molar-refractivity contribution in [1.29, 1.82) is 0 Å². The van der Waals surface area contributed by atoms with Crippen LogP contribution in [0.1, 0.15) is 33.6 Å². The number of thioether (sulfide) groups is 1. The van der Waals surface area contributed by atoms with Crippen LogP contribution in [0, 0.1) is 5.92 Å². The molecule has 0 aromatic rings. The predicted octanol–water partition coefficient (Wildman–Crippen LogP) is 1.19. The van der Waals surface area contributed by atoms with Gasteiger partial charge in [0.25, 0.3) is 0 Å². The highest BCUT2D eigenvalue weighted by molar-refractivity contribution is 7.99. The first-order valence-corrected chi connectivity index (χ1v) is 9.40. The molecular weight excluding hydrogens is 298 g/mol. The molecule has 0 atom stereocenters. The molecule has 0 radical (unpaired) electrons. The molecule has 2 fully saturated rings. The molecule has 2 aliphatic heterocycles. The van der Waals surface area contributed by atoms with E-state index in [-0.39, 0.29) is 17.4 Å². The number of nitrogens with zero attached hydrogens (tertiary/aromatic N) is 2. The largest absolute Gasteiger partial charge is 0.350 e. The van der Waals surface area contributed by atoms with Crippen LogP contribution < -0.4 is 5.32 Å². The monoisotopic (exact) mass is 327 g/mol. The number of hydrogen-bond acceptors (Lipinski definition) is 4. The van der Waals surface area contributed by atoms with Crippen LogP contribution in [0.3, 0.4) is 0 Å². The maximum absolute atomic E-state index is 12.5. The van der Waals surface area contributed by atoms with Gasteiger partial charge in [0.2, 0.25) is 11.8 Å². The number of carbonyl (C=O) groups is 2. The highest BCUT2D eigenvalue weighted by atomic mass is 32.2. The maximum Gasteiger partial charge on any atom is 0.234 e. The summed E-state index contributed by atoms with van der Waals surface area (Å²) in [6.07, 6.45) is 1.76. The first-order valence-electron chi connectivity index (χ1n) is 8.25. The third-order valence-corrected chi connectivity index (χ3v) is 5.08. The summed E-state index contributed by atoms with van der Waals surface area (Å²) in [7, 11) is 0. The quantitative estimate of drug-likeness (QED) is 0.846. The van der Waals surface area contributed by atoms with Gasteiger partial charge < -0.3 is 10.2 Å². The molecule has 2 amide bonds. The van der Waals surface area contributed by atoms with E-state index in [9.17, 15) is 9.59 Å². The van der Waals surface area contributed by atoms with E-state index < -0.39 is 0 Å². The minimum Gasteiger partial charge on any atom is -0.350 e. The third-order valence-electron chi connectivity index (χ3n) is 4.14. The molecule has 0 bridgehead atoms. The molecule has 2 aliphatic rings. The van der Waals surface area contributed by atoms with Gasteiger partial charge in [-0.3, -0.25) is 14.5 Å². The second-order valence-corrected chi connectivity index (χ2v) is 8.51. The van der Waals surface area contributed by atoms with Crippen molar-refractivity contribution in [1.82, 2.24) is 15.1 Å². The average Bonchev–Trinajstić information content (AvgIpc) is 2.46. The van der Waals surface area contributed by atoms with E-state index in [4.69, 9.17) is 0 Å². The molecule has 126 valence electrons. The lowest BCUT2D eigenvalue weighted by Crippen LogP contribution is -2.49. The van der Waals surface area contributed by atoms with Crippen LogP contribution in [0.4, 0.5) is 0 Å². The predicted molar refractivity (Wildman–Crippen MR) is 91.0 cm³/mol. The van der Waals surface area contributed by atoms with Crippen molar-refractivity contribution in [2.75, 3.05) is 44.2 Å². The van der Waals surface area contributed by atoms with Crippen molar-refractivity contribution in [2.24, 2.45) is 5.92 Å². The fourth-order valence-corrected chi connectivity index (χ4v) is 3.94. The summed E-state index contributed by atoms with van der Waals surface area (Å²) >= 11 is 1.93. The van der Waals surface area contributed by atoms with Gasteiger partial charge in [-0.1, -0.05) is 0 Å². The van der Waals surface area contributed by atoms with Gasteiger partial charge in [-0.2, -0.15) is 11.8 Å². The Hall–Kier alpha value is -0.750. The van der Waals surface area contributed by atoms with Crippen LogP contribution in [0.5, 0.6) is 0 Å². The van der Waals surface area contributed by atoms with Crippen LogP contribution in [-0.2, 0) is 9.59 Å². The lowest BCUT2D eigenvalue weighted by atomic mass is 9.95. The van der Waals surface area contributed by atoms with E-state index in [1.54, 1.807) is 0 Å². The standard InChI is InChI=1S/C16H29N3O2S/c1-16(2,3)17-14(20)12-18-6-4-13(5-7-18)15(21)19-8-10-22-11-9-19/h13H,4-12H2,1-3H3,(H,17,20). The van der Waals surface area contributed by atoms with Gasteiger partial charge in [-0.25, -0.2) is 0 Å². The number of amides is 2. The normalized spacial score (nSPS) is 21.7. The second-order valence-electron chi connectivity index (χ2n) is 7.29. The van der Waals surface area contributed by atoms with Gasteiger partial charge in [0.05, 0.1) is 6.54 Å². The Kier molecular flexibility index (Phi) is 6.15. The summed E-state index contributed by atoms with van der Waals surface area (Å²) in [5.74, 6) is 2.70. The van der Waals surface area contributed by atoms with Crippen molar-refractivity contribution in [3.63, 3.8) is 0 Å². The Morgan fingerprint density at radius 1 is 1.09 bits per heavy atom. The van der Waals surface area contributed by atoms with E-state index in [2.05, 4.69) is 10.2 Å². The van der Waals surface area contributed by atoms with Crippen molar-refractivity contribution in [3.05, 3.63) is 0 Å². The fourth-order valence-electron chi connectivity index (χ4n) is 3.04. The molecular formula is C16H29N3O2S. The molecule has 0 aromatic heterocycles. The summed E-state index contributed by atoms with van der Waals surface area (Å²) in [5.41, 5.74) is -0.183. The van der Waals surface area contributed by atoms with E-state index in [0.717, 1.165) is 50.5 Å². The Balaban J connectivity index is 1.73. The molecule has 0 spiro atoms. The number of piperidine rings is 1. The molecule has 0 unspecified atom stereocenters. The van der Waals surface area contributed by atoms with Crippen LogP contribution in [0.2, 0.25) is 0 Å². The third kappa shape index (κ3) is 5.47. The van der Waals surface area contributed by atoms with Gasteiger partial charge >= 0.3 is 0 Å². The van der Waals surface area contributed by atoms with Crippen LogP contribution in [-0.4, -0.2) is 71.4 Å². The van der Waals surface area contributed by atoms with E-state index in [1.165, 1.54) is 0 Å². The number of nitrogens with one attached hydrogen (secondary N) is 1. The molecule has 2 rings (SSSR count). The minimum atomic E-state index is -0.183. The Labute approximate surface area is 138 Å². The highest BCUT2D eigenvalue weighted by Crippen LogP contribution is 2.21. The van der Waals surface area contributed by atoms with Gasteiger partial charge in [-0.05, 0) is 46.7 Å². The van der Waals surface area contributed by atoms with Gasteiger partial charge in [0.1, 0.15) is 0 Å². The van der Waals surface area contributed by atoms with Crippen molar-refractivity contribution in [3.8, 4) is 0 Å². The number of carbonyl (C=O) groups excluding carboxylic acids is 2. The fraction of sp³-hybridized carbons (Fsp3) is 0.875. The second kappa shape index (κ2) is 7.68. The molecule has 1 N–H and O–H groups in total. The van der Waals surface area contributed by atoms with Gasteiger partial charge in [0, 0.05) is 36.1 Å². The highest BCUT2D eigenvalue weighted by Gasteiger charge is 2.30. The first-order chi connectivity index (χ1) is 10.3. The van der Waals surface area contributed by atoms with Crippen molar-refractivity contribution in [2.45, 2.75) is 39.2 Å². The Morgan fingerprint density at radius 2 is 1.68 bits per heavy atom. The first kappa shape index (κ1) is 17.6. The number of rotatable bonds is 3. The zero-order valence-corrected chi connectivity index (χ0v) is 14.9. The number of hydrogen-bond donors (Lipinski definition) is 1. The number of likely N-dealkylation sites (tertiary alicyclic amines) is 1. The van der Waals surface area contributed by atoms with Crippen LogP contribution in [0.15, 0.2) is 0 Å². The zero-order chi connectivity index (χ0) is 16.2. The van der Waals surface area contributed by atoms with E-state index >= 15 is 0 Å². The molecule has 6 heteroatoms. The summed E-state index contributed by atoms with van der Waals surface area (Å²) < 4.78 is 0. The van der Waals surface area contributed by atoms with Gasteiger partial charge in [0.15, 0.2) is 0 Å². The molecule has 5 nitrogen and oxygen atoms in total. The topological polar surface area (TPSA) is 52.7 Å². The summed E-state index contributed by atoms with van der Waals surface area (Å²) in [4.78, 5) is 28.6.